The third-order valence-electron chi connectivity index (χ3n) is 7.04. The number of hydrogen-bond donors (Lipinski definition) is 6. The molecule has 3 unspecified atom stereocenters. The van der Waals surface area contributed by atoms with Crippen LogP contribution >= 0.6 is 0 Å². The number of benzene rings is 2. The van der Waals surface area contributed by atoms with Gasteiger partial charge in [0.25, 0.3) is 0 Å². The maximum Gasteiger partial charge on any atom is 0.229 e. The van der Waals surface area contributed by atoms with Gasteiger partial charge in [0.2, 0.25) is 6.29 Å². The molecule has 37 heavy (non-hydrogen) atoms. The number of hydrogen-bond acceptors (Lipinski definition) is 11. The van der Waals surface area contributed by atoms with Gasteiger partial charge in [-0.3, -0.25) is 0 Å². The van der Waals surface area contributed by atoms with Gasteiger partial charge in [-0.25, -0.2) is 0 Å². The Balaban J connectivity index is 1.47. The molecule has 0 bridgehead atoms. The molecule has 4 rings (SSSR count). The first-order valence-electron chi connectivity index (χ1n) is 12.0. The zero-order chi connectivity index (χ0) is 26.7. The lowest BCUT2D eigenvalue weighted by molar-refractivity contribution is -0.277. The summed E-state index contributed by atoms with van der Waals surface area (Å²) in [6.45, 7) is -0.229. The molecule has 8 atom stereocenters. The van der Waals surface area contributed by atoms with Gasteiger partial charge in [-0.05, 0) is 47.7 Å². The number of phenols is 1. The highest BCUT2D eigenvalue weighted by Gasteiger charge is 2.45. The molecule has 2 aliphatic heterocycles. The first-order valence-corrected chi connectivity index (χ1v) is 12.0. The van der Waals surface area contributed by atoms with Gasteiger partial charge in [-0.15, -0.1) is 0 Å². The van der Waals surface area contributed by atoms with Crippen LogP contribution in [0, 0.1) is 11.8 Å². The molecule has 2 saturated heterocycles. The number of aliphatic hydroxyl groups excluding tert-OH is 5. The Hall–Kier alpha value is -2.64. The topological polar surface area (TPSA) is 168 Å². The van der Waals surface area contributed by atoms with Crippen molar-refractivity contribution in [3.63, 3.8) is 0 Å². The Morgan fingerprint density at radius 3 is 2.30 bits per heavy atom. The number of aliphatic hydroxyl groups is 5. The molecule has 0 aliphatic carbocycles. The van der Waals surface area contributed by atoms with Crippen molar-refractivity contribution in [3.05, 3.63) is 47.5 Å². The van der Waals surface area contributed by atoms with Gasteiger partial charge in [0, 0.05) is 12.5 Å². The molecule has 0 radical (unpaired) electrons. The van der Waals surface area contributed by atoms with E-state index in [1.807, 2.05) is 6.07 Å². The smallest absolute Gasteiger partial charge is 0.229 e. The van der Waals surface area contributed by atoms with Crippen molar-refractivity contribution in [1.29, 1.82) is 0 Å². The summed E-state index contributed by atoms with van der Waals surface area (Å²) in [5.41, 5.74) is 1.70. The zero-order valence-corrected chi connectivity index (χ0v) is 20.6. The van der Waals surface area contributed by atoms with Crippen LogP contribution < -0.4 is 14.2 Å². The van der Waals surface area contributed by atoms with Crippen LogP contribution in [0.4, 0.5) is 0 Å². The van der Waals surface area contributed by atoms with Gasteiger partial charge in [0.05, 0.1) is 33.5 Å². The van der Waals surface area contributed by atoms with Gasteiger partial charge in [0.15, 0.2) is 23.0 Å². The molecule has 0 saturated carbocycles. The Bertz CT molecular complexity index is 1050. The lowest BCUT2D eigenvalue weighted by atomic mass is 9.84. The number of methoxy groups -OCH3 is 2. The first kappa shape index (κ1) is 27.4. The zero-order valence-electron chi connectivity index (χ0n) is 20.6. The summed E-state index contributed by atoms with van der Waals surface area (Å²) < 4.78 is 27.9. The van der Waals surface area contributed by atoms with Crippen molar-refractivity contribution in [3.8, 4) is 23.0 Å². The van der Waals surface area contributed by atoms with E-state index in [2.05, 4.69) is 0 Å². The summed E-state index contributed by atoms with van der Waals surface area (Å²) in [6.07, 6.45) is -6.79. The third-order valence-corrected chi connectivity index (χ3v) is 7.04. The first-order chi connectivity index (χ1) is 17.8. The number of aromatic hydroxyl groups is 1. The number of ether oxygens (including phenoxy) is 5. The monoisotopic (exact) mass is 522 g/mol. The molecule has 204 valence electrons. The van der Waals surface area contributed by atoms with Gasteiger partial charge in [0.1, 0.15) is 24.4 Å². The molecular formula is C26H34O11. The van der Waals surface area contributed by atoms with Gasteiger partial charge >= 0.3 is 0 Å². The van der Waals surface area contributed by atoms with E-state index in [4.69, 9.17) is 23.7 Å². The van der Waals surface area contributed by atoms with Crippen LogP contribution in [0.15, 0.2) is 36.4 Å². The van der Waals surface area contributed by atoms with Crippen molar-refractivity contribution in [1.82, 2.24) is 0 Å². The van der Waals surface area contributed by atoms with Crippen LogP contribution in [0.1, 0.15) is 17.2 Å². The minimum atomic E-state index is -1.56. The van der Waals surface area contributed by atoms with Crippen molar-refractivity contribution >= 4 is 0 Å². The van der Waals surface area contributed by atoms with Crippen LogP contribution in [0.5, 0.6) is 23.0 Å². The Morgan fingerprint density at radius 1 is 0.865 bits per heavy atom. The van der Waals surface area contributed by atoms with Gasteiger partial charge in [-0.2, -0.15) is 0 Å². The van der Waals surface area contributed by atoms with E-state index < -0.39 is 37.3 Å². The maximum absolute atomic E-state index is 10.3. The van der Waals surface area contributed by atoms with Crippen LogP contribution in [-0.4, -0.2) is 95.4 Å². The summed E-state index contributed by atoms with van der Waals surface area (Å²) in [5, 5.41) is 59.7. The third kappa shape index (κ3) is 5.63. The fourth-order valence-corrected chi connectivity index (χ4v) is 4.92. The standard InChI is InChI=1S/C26H34O11/c1-33-19-9-14(4-5-17(19)29)25-16(10-27)15(12-35-25)7-13-3-6-18(20(8-13)34-2)36-26-24(32)23(31)22(30)21(11-28)37-26/h3-6,8-9,15-16,21-32H,7,10-12H2,1-2H3/t15?,16?,21-,22-,23+,24-,25?,26-/m1/s1. The number of rotatable bonds is 9. The SMILES string of the molecule is COc1cc(C2OCC(Cc3ccc(O[C@@H]4O[C@H](CO)[C@@H](O)[C@H](O)[C@H]4O)c(OC)c3)C2CO)ccc1O. The van der Waals surface area contributed by atoms with E-state index in [1.165, 1.54) is 20.3 Å². The van der Waals surface area contributed by atoms with Gasteiger partial charge in [-0.1, -0.05) is 12.1 Å². The van der Waals surface area contributed by atoms with Crippen LogP contribution in [0.2, 0.25) is 0 Å². The average molecular weight is 523 g/mol. The summed E-state index contributed by atoms with van der Waals surface area (Å²) in [7, 11) is 2.93. The molecule has 6 N–H and O–H groups in total. The highest BCUT2D eigenvalue weighted by molar-refractivity contribution is 5.44. The van der Waals surface area contributed by atoms with Crippen LogP contribution in [0.3, 0.4) is 0 Å². The predicted molar refractivity (Wildman–Crippen MR) is 129 cm³/mol. The largest absolute Gasteiger partial charge is 0.504 e. The molecule has 2 aliphatic rings. The summed E-state index contributed by atoms with van der Waals surface area (Å²) in [4.78, 5) is 0. The van der Waals surface area contributed by atoms with Crippen LogP contribution in [-0.2, 0) is 15.9 Å². The Labute approximate surface area is 214 Å². The molecule has 2 fully saturated rings. The Morgan fingerprint density at radius 2 is 1.62 bits per heavy atom. The van der Waals surface area contributed by atoms with E-state index in [9.17, 15) is 30.6 Å². The van der Waals surface area contributed by atoms with Crippen LogP contribution in [0.25, 0.3) is 0 Å². The second kappa shape index (κ2) is 11.8. The minimum Gasteiger partial charge on any atom is -0.504 e. The van der Waals surface area contributed by atoms with E-state index in [-0.39, 0.29) is 36.0 Å². The van der Waals surface area contributed by atoms with Gasteiger partial charge < -0.3 is 54.3 Å². The molecule has 2 aromatic rings. The second-order valence-electron chi connectivity index (χ2n) is 9.30. The molecule has 0 aromatic heterocycles. The Kier molecular flexibility index (Phi) is 8.75. The van der Waals surface area contributed by atoms with E-state index in [1.54, 1.807) is 24.3 Å². The average Bonchev–Trinajstić information content (AvgIpc) is 3.32. The predicted octanol–water partition coefficient (Wildman–Crippen LogP) is 0.127. The molecule has 2 heterocycles. The minimum absolute atomic E-state index is 0.00304. The number of phenolic OH excluding ortho intramolecular Hbond substituents is 1. The lowest BCUT2D eigenvalue weighted by Gasteiger charge is -2.39. The molecular weight excluding hydrogens is 488 g/mol. The summed E-state index contributed by atoms with van der Waals surface area (Å²) in [5.74, 6) is 0.766. The highest BCUT2D eigenvalue weighted by atomic mass is 16.7. The molecule has 2 aromatic carbocycles. The fourth-order valence-electron chi connectivity index (χ4n) is 4.92. The summed E-state index contributed by atoms with van der Waals surface area (Å²) in [6, 6.07) is 10.2. The normalized spacial score (nSPS) is 31.8. The quantitative estimate of drug-likeness (QED) is 0.265. The molecule has 0 amide bonds. The van der Waals surface area contributed by atoms with E-state index >= 15 is 0 Å². The van der Waals surface area contributed by atoms with E-state index in [0.717, 1.165) is 11.1 Å². The molecule has 0 spiro atoms. The van der Waals surface area contributed by atoms with Crippen molar-refractivity contribution in [2.24, 2.45) is 11.8 Å². The van der Waals surface area contributed by atoms with Crippen molar-refractivity contribution < 1.29 is 54.3 Å². The fraction of sp³-hybridized carbons (Fsp3) is 0.538. The second-order valence-corrected chi connectivity index (χ2v) is 9.30. The summed E-state index contributed by atoms with van der Waals surface area (Å²) >= 11 is 0. The van der Waals surface area contributed by atoms with Crippen molar-refractivity contribution in [2.75, 3.05) is 34.0 Å². The maximum atomic E-state index is 10.3. The van der Waals surface area contributed by atoms with E-state index in [0.29, 0.717) is 24.5 Å². The molecule has 11 heteroatoms. The van der Waals surface area contributed by atoms with Crippen molar-refractivity contribution in [2.45, 2.75) is 43.2 Å². The lowest BCUT2D eigenvalue weighted by Crippen LogP contribution is -2.60. The highest BCUT2D eigenvalue weighted by Crippen LogP contribution is 2.42. The molecule has 11 nitrogen and oxygen atoms in total.